The lowest BCUT2D eigenvalue weighted by Crippen LogP contribution is -2.24. The van der Waals surface area contributed by atoms with E-state index in [-0.39, 0.29) is 11.8 Å². The van der Waals surface area contributed by atoms with E-state index in [1.807, 2.05) is 37.3 Å². The van der Waals surface area contributed by atoms with Crippen LogP contribution in [0, 0.1) is 6.92 Å². The zero-order chi connectivity index (χ0) is 17.7. The Morgan fingerprint density at radius 3 is 2.54 bits per heavy atom. The molecule has 0 fully saturated rings. The van der Waals surface area contributed by atoms with Crippen molar-refractivity contribution in [3.8, 4) is 5.75 Å². The zero-order valence-electron chi connectivity index (χ0n) is 14.4. The van der Waals surface area contributed by atoms with Gasteiger partial charge in [-0.2, -0.15) is 0 Å². The fraction of sp³-hybridized carbons (Fsp3) is 0.263. The first-order valence-corrected chi connectivity index (χ1v) is 7.68. The van der Waals surface area contributed by atoms with E-state index in [1.165, 1.54) is 6.92 Å². The van der Waals surface area contributed by atoms with E-state index < -0.39 is 0 Å². The van der Waals surface area contributed by atoms with Gasteiger partial charge in [-0.25, -0.2) is 0 Å². The minimum Gasteiger partial charge on any atom is -0.496 e. The second kappa shape index (κ2) is 7.64. The van der Waals surface area contributed by atoms with Gasteiger partial charge in [0, 0.05) is 31.8 Å². The van der Waals surface area contributed by atoms with Crippen LogP contribution in [0.1, 0.15) is 28.4 Å². The van der Waals surface area contributed by atoms with Crippen molar-refractivity contribution in [1.29, 1.82) is 0 Å². The number of para-hydroxylation sites is 1. The number of aryl methyl sites for hydroxylation is 1. The molecular formula is C19H22N2O3. The first kappa shape index (κ1) is 17.5. The monoisotopic (exact) mass is 326 g/mol. The van der Waals surface area contributed by atoms with E-state index in [2.05, 4.69) is 5.32 Å². The number of hydrogen-bond donors (Lipinski definition) is 1. The third kappa shape index (κ3) is 4.13. The molecule has 1 N–H and O–H groups in total. The van der Waals surface area contributed by atoms with E-state index in [9.17, 15) is 9.59 Å². The van der Waals surface area contributed by atoms with Crippen LogP contribution in [0.5, 0.6) is 5.75 Å². The van der Waals surface area contributed by atoms with Crippen LogP contribution in [0.4, 0.5) is 5.69 Å². The van der Waals surface area contributed by atoms with Gasteiger partial charge in [-0.3, -0.25) is 9.59 Å². The summed E-state index contributed by atoms with van der Waals surface area (Å²) in [6, 6.07) is 12.8. The van der Waals surface area contributed by atoms with Crippen molar-refractivity contribution >= 4 is 17.5 Å². The molecular weight excluding hydrogens is 304 g/mol. The predicted molar refractivity (Wildman–Crippen MR) is 94.3 cm³/mol. The Bertz CT molecular complexity index is 756. The van der Waals surface area contributed by atoms with Gasteiger partial charge in [-0.15, -0.1) is 0 Å². The Kier molecular flexibility index (Phi) is 5.58. The molecule has 0 unspecified atom stereocenters. The van der Waals surface area contributed by atoms with Crippen LogP contribution < -0.4 is 10.1 Å². The number of benzene rings is 2. The number of nitrogens with one attached hydrogen (secondary N) is 1. The standard InChI is InChI=1S/C19H22N2O3/c1-13-9-10-15(11-18(13)24-4)19(23)20-17-8-6-5-7-16(17)12-21(3)14(2)22/h5-11H,12H2,1-4H3,(H,20,23). The minimum atomic E-state index is -0.216. The molecule has 0 bridgehead atoms. The average Bonchev–Trinajstić information content (AvgIpc) is 2.56. The van der Waals surface area contributed by atoms with Crippen molar-refractivity contribution in [2.75, 3.05) is 19.5 Å². The number of methoxy groups -OCH3 is 1. The van der Waals surface area contributed by atoms with Crippen LogP contribution in [0.3, 0.4) is 0 Å². The van der Waals surface area contributed by atoms with Crippen molar-refractivity contribution in [2.45, 2.75) is 20.4 Å². The van der Waals surface area contributed by atoms with E-state index >= 15 is 0 Å². The van der Waals surface area contributed by atoms with Crippen LogP contribution in [0.15, 0.2) is 42.5 Å². The summed E-state index contributed by atoms with van der Waals surface area (Å²) >= 11 is 0. The van der Waals surface area contributed by atoms with Crippen LogP contribution >= 0.6 is 0 Å². The third-order valence-corrected chi connectivity index (χ3v) is 3.88. The molecule has 5 heteroatoms. The molecule has 0 heterocycles. The minimum absolute atomic E-state index is 0.0283. The number of carbonyl (C=O) groups is 2. The summed E-state index contributed by atoms with van der Waals surface area (Å²) in [7, 11) is 3.31. The molecule has 0 aliphatic heterocycles. The molecule has 126 valence electrons. The van der Waals surface area contributed by atoms with Crippen molar-refractivity contribution < 1.29 is 14.3 Å². The zero-order valence-corrected chi connectivity index (χ0v) is 14.4. The molecule has 2 aromatic carbocycles. The average molecular weight is 326 g/mol. The molecule has 5 nitrogen and oxygen atoms in total. The summed E-state index contributed by atoms with van der Waals surface area (Å²) < 4.78 is 5.26. The number of carbonyl (C=O) groups excluding carboxylic acids is 2. The Labute approximate surface area is 142 Å². The van der Waals surface area contributed by atoms with E-state index in [4.69, 9.17) is 4.74 Å². The number of anilines is 1. The van der Waals surface area contributed by atoms with Gasteiger partial charge >= 0.3 is 0 Å². The summed E-state index contributed by atoms with van der Waals surface area (Å²) in [4.78, 5) is 25.5. The predicted octanol–water partition coefficient (Wildman–Crippen LogP) is 3.23. The highest BCUT2D eigenvalue weighted by atomic mass is 16.5. The lowest BCUT2D eigenvalue weighted by Gasteiger charge is -2.18. The fourth-order valence-electron chi connectivity index (χ4n) is 2.30. The van der Waals surface area contributed by atoms with Gasteiger partial charge in [-0.05, 0) is 36.2 Å². The van der Waals surface area contributed by atoms with Crippen molar-refractivity contribution in [3.63, 3.8) is 0 Å². The van der Waals surface area contributed by atoms with E-state index in [1.54, 1.807) is 31.2 Å². The van der Waals surface area contributed by atoms with Gasteiger partial charge in [0.05, 0.1) is 7.11 Å². The Hall–Kier alpha value is -2.82. The lowest BCUT2D eigenvalue weighted by atomic mass is 10.1. The molecule has 0 aromatic heterocycles. The Balaban J connectivity index is 2.22. The maximum absolute atomic E-state index is 12.5. The molecule has 2 amide bonds. The van der Waals surface area contributed by atoms with Crippen molar-refractivity contribution in [2.24, 2.45) is 0 Å². The van der Waals surface area contributed by atoms with Gasteiger partial charge in [0.15, 0.2) is 0 Å². The number of amides is 2. The number of hydrogen-bond acceptors (Lipinski definition) is 3. The van der Waals surface area contributed by atoms with Crippen molar-refractivity contribution in [1.82, 2.24) is 4.90 Å². The summed E-state index contributed by atoms with van der Waals surface area (Å²) in [6.07, 6.45) is 0. The molecule has 0 saturated carbocycles. The normalized spacial score (nSPS) is 10.2. The fourth-order valence-corrected chi connectivity index (χ4v) is 2.30. The van der Waals surface area contributed by atoms with Gasteiger partial charge in [-0.1, -0.05) is 24.3 Å². The van der Waals surface area contributed by atoms with Gasteiger partial charge in [0.1, 0.15) is 5.75 Å². The summed E-state index contributed by atoms with van der Waals surface area (Å²) in [5.74, 6) is 0.429. The highest BCUT2D eigenvalue weighted by Crippen LogP contribution is 2.21. The van der Waals surface area contributed by atoms with E-state index in [0.29, 0.717) is 23.5 Å². The number of rotatable bonds is 5. The first-order chi connectivity index (χ1) is 11.4. The maximum atomic E-state index is 12.5. The Morgan fingerprint density at radius 1 is 1.17 bits per heavy atom. The smallest absolute Gasteiger partial charge is 0.255 e. The molecule has 0 saturated heterocycles. The molecule has 2 aromatic rings. The second-order valence-corrected chi connectivity index (χ2v) is 5.67. The first-order valence-electron chi connectivity index (χ1n) is 7.68. The summed E-state index contributed by atoms with van der Waals surface area (Å²) in [5.41, 5.74) is 3.06. The van der Waals surface area contributed by atoms with Gasteiger partial charge < -0.3 is 15.0 Å². The molecule has 0 aliphatic carbocycles. The van der Waals surface area contributed by atoms with Crippen LogP contribution in [0.25, 0.3) is 0 Å². The third-order valence-electron chi connectivity index (χ3n) is 3.88. The highest BCUT2D eigenvalue weighted by Gasteiger charge is 2.12. The van der Waals surface area contributed by atoms with Crippen LogP contribution in [-0.4, -0.2) is 30.9 Å². The molecule has 2 rings (SSSR count). The van der Waals surface area contributed by atoms with Gasteiger partial charge in [0.2, 0.25) is 5.91 Å². The SMILES string of the molecule is COc1cc(C(=O)Nc2ccccc2CN(C)C(C)=O)ccc1C. The number of ether oxygens (including phenoxy) is 1. The lowest BCUT2D eigenvalue weighted by molar-refractivity contribution is -0.128. The quantitative estimate of drug-likeness (QED) is 0.917. The van der Waals surface area contributed by atoms with Crippen LogP contribution in [0.2, 0.25) is 0 Å². The maximum Gasteiger partial charge on any atom is 0.255 e. The topological polar surface area (TPSA) is 58.6 Å². The summed E-state index contributed by atoms with van der Waals surface area (Å²) in [5, 5.41) is 2.91. The largest absolute Gasteiger partial charge is 0.496 e. The second-order valence-electron chi connectivity index (χ2n) is 5.67. The van der Waals surface area contributed by atoms with Crippen LogP contribution in [-0.2, 0) is 11.3 Å². The molecule has 0 atom stereocenters. The summed E-state index contributed by atoms with van der Waals surface area (Å²) in [6.45, 7) is 3.87. The Morgan fingerprint density at radius 2 is 1.88 bits per heavy atom. The van der Waals surface area contributed by atoms with Gasteiger partial charge in [0.25, 0.3) is 5.91 Å². The number of nitrogens with zero attached hydrogens (tertiary/aromatic N) is 1. The van der Waals surface area contributed by atoms with E-state index in [0.717, 1.165) is 11.1 Å². The van der Waals surface area contributed by atoms with Crippen molar-refractivity contribution in [3.05, 3.63) is 59.2 Å². The molecule has 0 aliphatic rings. The highest BCUT2D eigenvalue weighted by molar-refractivity contribution is 6.05. The molecule has 24 heavy (non-hydrogen) atoms. The molecule has 0 radical (unpaired) electrons. The molecule has 0 spiro atoms.